The third kappa shape index (κ3) is 2.41. The van der Waals surface area contributed by atoms with Gasteiger partial charge in [-0.05, 0) is 0 Å². The molecule has 0 N–H and O–H groups in total. The molecule has 1 aromatic heterocycles. The van der Waals surface area contributed by atoms with Gasteiger partial charge in [-0.1, -0.05) is 69.9 Å². The summed E-state index contributed by atoms with van der Waals surface area (Å²) in [5.41, 5.74) is 0.594. The van der Waals surface area contributed by atoms with Crippen molar-refractivity contribution in [2.75, 3.05) is 0 Å². The minimum atomic E-state index is 0.0947. The number of benzene rings is 1. The molecule has 4 nitrogen and oxygen atoms in total. The molecule has 22 heavy (non-hydrogen) atoms. The van der Waals surface area contributed by atoms with Crippen molar-refractivity contribution in [2.24, 2.45) is 0 Å². The van der Waals surface area contributed by atoms with Gasteiger partial charge in [0.1, 0.15) is 43.0 Å². The molecule has 1 aliphatic rings. The molecule has 0 saturated carbocycles. The van der Waals surface area contributed by atoms with Crippen LogP contribution in [0.1, 0.15) is 0 Å². The molecule has 0 unspecified atom stereocenters. The highest BCUT2D eigenvalue weighted by molar-refractivity contribution is 8.09. The zero-order valence-corrected chi connectivity index (χ0v) is 14.8. The van der Waals surface area contributed by atoms with E-state index in [1.807, 2.05) is 12.1 Å². The number of halogens is 4. The predicted molar refractivity (Wildman–Crippen MR) is 89.5 cm³/mol. The van der Waals surface area contributed by atoms with Gasteiger partial charge in [0, 0.05) is 0 Å². The van der Waals surface area contributed by atoms with Crippen molar-refractivity contribution >= 4 is 81.0 Å². The van der Waals surface area contributed by atoms with Crippen molar-refractivity contribution in [1.29, 1.82) is 10.5 Å². The van der Waals surface area contributed by atoms with Crippen LogP contribution in [-0.2, 0) is 0 Å². The van der Waals surface area contributed by atoms with Gasteiger partial charge in [0.2, 0.25) is 0 Å². The van der Waals surface area contributed by atoms with Crippen LogP contribution < -0.4 is 0 Å². The van der Waals surface area contributed by atoms with E-state index in [1.54, 1.807) is 0 Å². The lowest BCUT2D eigenvalue weighted by molar-refractivity contribution is 0.972. The molecule has 0 atom stereocenters. The van der Waals surface area contributed by atoms with E-state index in [4.69, 9.17) is 56.9 Å². The Morgan fingerprint density at radius 1 is 0.682 bits per heavy atom. The molecule has 108 valence electrons. The molecule has 0 spiro atoms. The molecule has 0 amide bonds. The van der Waals surface area contributed by atoms with Gasteiger partial charge in [-0.25, -0.2) is 9.97 Å². The Labute approximate surface area is 153 Å². The second kappa shape index (κ2) is 5.98. The van der Waals surface area contributed by atoms with Crippen LogP contribution in [0.4, 0.5) is 0 Å². The highest BCUT2D eigenvalue weighted by Gasteiger charge is 2.26. The quantitative estimate of drug-likeness (QED) is 0.413. The third-order valence-electron chi connectivity index (χ3n) is 2.63. The lowest BCUT2D eigenvalue weighted by Gasteiger charge is -2.15. The first kappa shape index (κ1) is 16.0. The number of rotatable bonds is 0. The van der Waals surface area contributed by atoms with E-state index < -0.39 is 0 Å². The maximum Gasteiger partial charge on any atom is 0.135 e. The van der Waals surface area contributed by atoms with Gasteiger partial charge in [-0.15, -0.1) is 0 Å². The Morgan fingerprint density at radius 3 is 1.36 bits per heavy atom. The average Bonchev–Trinajstić information content (AvgIpc) is 2.55. The first-order chi connectivity index (χ1) is 10.5. The zero-order chi connectivity index (χ0) is 16.0. The molecule has 0 bridgehead atoms. The molecule has 10 heteroatoms. The Kier molecular flexibility index (Phi) is 4.35. The molecule has 2 aromatic rings. The van der Waals surface area contributed by atoms with Crippen molar-refractivity contribution in [1.82, 2.24) is 9.97 Å². The van der Waals surface area contributed by atoms with Crippen LogP contribution in [0, 0.1) is 22.7 Å². The number of thioether (sulfide) groups is 2. The lowest BCUT2D eigenvalue weighted by Crippen LogP contribution is -1.99. The second-order valence-electron chi connectivity index (χ2n) is 3.87. The summed E-state index contributed by atoms with van der Waals surface area (Å²) in [5.74, 6) is 0. The smallest absolute Gasteiger partial charge is 0.135 e. The summed E-state index contributed by atoms with van der Waals surface area (Å²) in [7, 11) is 0. The lowest BCUT2D eigenvalue weighted by atomic mass is 10.3. The standard InChI is InChI=1S/C12Cl4N4S2/c13-5-6(14)8(16)10-9(7(5)15)19-11-12(20-10)22-4(2-18)3(1-17)21-11. The third-order valence-corrected chi connectivity index (χ3v) is 6.63. The number of nitrogens with zero attached hydrogens (tertiary/aromatic N) is 4. The largest absolute Gasteiger partial charge is 0.235 e. The number of hydrogen-bond donors (Lipinski definition) is 0. The average molecular weight is 406 g/mol. The summed E-state index contributed by atoms with van der Waals surface area (Å²) in [6.07, 6.45) is 0. The summed E-state index contributed by atoms with van der Waals surface area (Å²) in [4.78, 5) is 9.26. The SMILES string of the molecule is N#CC1=C(C#N)Sc2nc3c(Cl)c(Cl)c(Cl)c(Cl)c3nc2S1. The van der Waals surface area contributed by atoms with Crippen molar-refractivity contribution in [2.45, 2.75) is 10.1 Å². The number of fused-ring (bicyclic) bond motifs is 2. The highest BCUT2D eigenvalue weighted by Crippen LogP contribution is 2.48. The van der Waals surface area contributed by atoms with Crippen LogP contribution in [0.2, 0.25) is 20.1 Å². The first-order valence-corrected chi connectivity index (χ1v) is 8.56. The van der Waals surface area contributed by atoms with Gasteiger partial charge >= 0.3 is 0 Å². The Balaban J connectivity index is 2.32. The molecule has 1 aliphatic heterocycles. The van der Waals surface area contributed by atoms with Gasteiger partial charge in [-0.3, -0.25) is 0 Å². The summed E-state index contributed by atoms with van der Waals surface area (Å²) in [6, 6.07) is 3.93. The van der Waals surface area contributed by atoms with Crippen molar-refractivity contribution in [3.8, 4) is 12.1 Å². The first-order valence-electron chi connectivity index (χ1n) is 5.41. The number of nitriles is 2. The van der Waals surface area contributed by atoms with E-state index in [0.29, 0.717) is 21.1 Å². The maximum absolute atomic E-state index is 9.08. The molecule has 0 saturated heterocycles. The zero-order valence-electron chi connectivity index (χ0n) is 10.1. The van der Waals surface area contributed by atoms with Gasteiger partial charge in [0.05, 0.1) is 20.1 Å². The molecule has 0 aliphatic carbocycles. The fraction of sp³-hybridized carbons (Fsp3) is 0. The van der Waals surface area contributed by atoms with E-state index in [9.17, 15) is 0 Å². The van der Waals surface area contributed by atoms with Crippen molar-refractivity contribution in [3.05, 3.63) is 29.9 Å². The minimum absolute atomic E-state index is 0.0947. The minimum Gasteiger partial charge on any atom is -0.235 e. The van der Waals surface area contributed by atoms with Gasteiger partial charge in [-0.2, -0.15) is 10.5 Å². The molecule has 3 rings (SSSR count). The molecular formula is C12Cl4N4S2. The van der Waals surface area contributed by atoms with E-state index in [-0.39, 0.29) is 29.9 Å². The second-order valence-corrected chi connectivity index (χ2v) is 7.38. The fourth-order valence-electron chi connectivity index (χ4n) is 1.68. The van der Waals surface area contributed by atoms with Crippen LogP contribution in [0.25, 0.3) is 11.0 Å². The van der Waals surface area contributed by atoms with Crippen molar-refractivity contribution in [3.63, 3.8) is 0 Å². The van der Waals surface area contributed by atoms with Crippen molar-refractivity contribution < 1.29 is 0 Å². The Bertz CT molecular complexity index is 882. The van der Waals surface area contributed by atoms with Crippen LogP contribution in [0.5, 0.6) is 0 Å². The van der Waals surface area contributed by atoms with Gasteiger partial charge in [0.25, 0.3) is 0 Å². The van der Waals surface area contributed by atoms with E-state index in [1.165, 1.54) is 0 Å². The van der Waals surface area contributed by atoms with Gasteiger partial charge < -0.3 is 0 Å². The monoisotopic (exact) mass is 404 g/mol. The topological polar surface area (TPSA) is 73.4 Å². The Hall–Kier alpha value is -0.860. The highest BCUT2D eigenvalue weighted by atomic mass is 35.5. The van der Waals surface area contributed by atoms with E-state index in [0.717, 1.165) is 23.5 Å². The molecular weight excluding hydrogens is 406 g/mol. The van der Waals surface area contributed by atoms with Crippen LogP contribution in [0.15, 0.2) is 19.9 Å². The van der Waals surface area contributed by atoms with Crippen LogP contribution in [0.3, 0.4) is 0 Å². The molecule has 2 heterocycles. The normalized spacial score (nSPS) is 13.7. The van der Waals surface area contributed by atoms with E-state index >= 15 is 0 Å². The summed E-state index contributed by atoms with van der Waals surface area (Å²) >= 11 is 26.4. The summed E-state index contributed by atoms with van der Waals surface area (Å²) in [6.45, 7) is 0. The summed E-state index contributed by atoms with van der Waals surface area (Å²) in [5, 5.41) is 19.6. The van der Waals surface area contributed by atoms with Gasteiger partial charge in [0.15, 0.2) is 0 Å². The van der Waals surface area contributed by atoms with E-state index in [2.05, 4.69) is 9.97 Å². The fourth-order valence-corrected chi connectivity index (χ4v) is 4.39. The van der Waals surface area contributed by atoms with Crippen LogP contribution >= 0.6 is 69.9 Å². The molecule has 0 radical (unpaired) electrons. The number of allylic oxidation sites excluding steroid dienone is 2. The maximum atomic E-state index is 9.08. The van der Waals surface area contributed by atoms with Crippen LogP contribution in [-0.4, -0.2) is 9.97 Å². The number of hydrogen-bond acceptors (Lipinski definition) is 6. The number of aromatic nitrogens is 2. The molecule has 1 aromatic carbocycles. The summed E-state index contributed by atoms with van der Waals surface area (Å²) < 4.78 is 0. The Morgan fingerprint density at radius 2 is 1.05 bits per heavy atom. The predicted octanol–water partition coefficient (Wildman–Crippen LogP) is 5.70. The molecule has 0 fully saturated rings.